The number of pyridine rings is 1. The monoisotopic (exact) mass is 648 g/mol. The summed E-state index contributed by atoms with van der Waals surface area (Å²) in [7, 11) is -4.58. The van der Waals surface area contributed by atoms with Crippen LogP contribution in [0.2, 0.25) is 0 Å². The molecule has 0 unspecified atom stereocenters. The number of amides is 1. The lowest BCUT2D eigenvalue weighted by Gasteiger charge is -2.23. The normalized spacial score (nSPS) is 16.8. The minimum absolute atomic E-state index is 0.235. The van der Waals surface area contributed by atoms with Crippen molar-refractivity contribution in [3.63, 3.8) is 0 Å². The zero-order valence-electron chi connectivity index (χ0n) is 23.4. The number of rotatable bonds is 9. The number of sulfonamides is 1. The number of carbonyl (C=O) groups excluding carboxylic acids is 1. The van der Waals surface area contributed by atoms with Gasteiger partial charge in [0.05, 0.1) is 22.7 Å². The van der Waals surface area contributed by atoms with Crippen molar-refractivity contribution in [1.29, 1.82) is 0 Å². The molecule has 1 aliphatic heterocycles. The van der Waals surface area contributed by atoms with E-state index in [9.17, 15) is 39.6 Å². The number of hydrogen-bond acceptors (Lipinski definition) is 5. The lowest BCUT2D eigenvalue weighted by atomic mass is 10.1. The molecule has 1 saturated heterocycles. The van der Waals surface area contributed by atoms with Crippen LogP contribution in [0.4, 0.5) is 32.2 Å². The van der Waals surface area contributed by atoms with Crippen molar-refractivity contribution in [2.45, 2.75) is 42.5 Å². The van der Waals surface area contributed by atoms with Gasteiger partial charge in [-0.15, -0.1) is 0 Å². The topological polar surface area (TPSA) is 91.4 Å². The molecule has 0 aliphatic carbocycles. The van der Waals surface area contributed by atoms with Gasteiger partial charge in [0, 0.05) is 25.1 Å². The van der Waals surface area contributed by atoms with E-state index >= 15 is 0 Å². The van der Waals surface area contributed by atoms with E-state index in [4.69, 9.17) is 0 Å². The summed E-state index contributed by atoms with van der Waals surface area (Å²) in [5.74, 6) is -4.87. The number of aromatic nitrogens is 1. The summed E-state index contributed by atoms with van der Waals surface area (Å²) < 4.78 is 108. The molecule has 0 radical (unpaired) electrons. The van der Waals surface area contributed by atoms with E-state index in [2.05, 4.69) is 15.6 Å². The van der Waals surface area contributed by atoms with E-state index < -0.39 is 63.3 Å². The first-order valence-corrected chi connectivity index (χ1v) is 15.0. The molecule has 3 aromatic carbocycles. The fourth-order valence-electron chi connectivity index (χ4n) is 4.86. The Morgan fingerprint density at radius 2 is 1.58 bits per heavy atom. The highest BCUT2D eigenvalue weighted by Crippen LogP contribution is 2.36. The number of halogens is 6. The quantitative estimate of drug-likeness (QED) is 0.210. The number of alkyl halides is 5. The predicted octanol–water partition coefficient (Wildman–Crippen LogP) is 6.23. The molecule has 236 valence electrons. The highest BCUT2D eigenvalue weighted by molar-refractivity contribution is 7.89. The second kappa shape index (κ2) is 12.5. The summed E-state index contributed by atoms with van der Waals surface area (Å²) in [6, 6.07) is 18.6. The molecule has 14 heteroatoms. The van der Waals surface area contributed by atoms with Gasteiger partial charge in [-0.1, -0.05) is 42.5 Å². The fraction of sp³-hybridized carbons (Fsp3) is 0.226. The van der Waals surface area contributed by atoms with Crippen LogP contribution in [-0.4, -0.2) is 42.1 Å². The molecule has 0 spiro atoms. The second-order valence-electron chi connectivity index (χ2n) is 10.5. The molecule has 1 atom stereocenters. The van der Waals surface area contributed by atoms with Crippen LogP contribution in [0.1, 0.15) is 23.1 Å². The van der Waals surface area contributed by atoms with E-state index in [1.165, 1.54) is 18.2 Å². The average Bonchev–Trinajstić information content (AvgIpc) is 3.35. The molecule has 1 aromatic heterocycles. The number of carbonyl (C=O) groups is 1. The SMILES string of the molecule is O=C(NCc1cc(NCc2ccccc2)nc(-c2ccc(C(F)(F)F)cc2)c1)[C@@H]1CC(F)(F)CN1S(=O)(=O)c1ccc(F)cc1. The van der Waals surface area contributed by atoms with Crippen molar-refractivity contribution in [2.75, 3.05) is 11.9 Å². The van der Waals surface area contributed by atoms with Crippen molar-refractivity contribution in [3.05, 3.63) is 114 Å². The van der Waals surface area contributed by atoms with Crippen LogP contribution in [0.15, 0.2) is 95.9 Å². The highest BCUT2D eigenvalue weighted by atomic mass is 32.2. The van der Waals surface area contributed by atoms with E-state index in [0.29, 0.717) is 27.8 Å². The van der Waals surface area contributed by atoms with Gasteiger partial charge in [0.1, 0.15) is 17.7 Å². The van der Waals surface area contributed by atoms with Crippen molar-refractivity contribution >= 4 is 21.7 Å². The zero-order chi connectivity index (χ0) is 32.4. The van der Waals surface area contributed by atoms with Crippen LogP contribution in [0.25, 0.3) is 11.3 Å². The molecule has 45 heavy (non-hydrogen) atoms. The molecule has 2 N–H and O–H groups in total. The molecule has 0 saturated carbocycles. The lowest BCUT2D eigenvalue weighted by molar-refractivity contribution is -0.137. The lowest BCUT2D eigenvalue weighted by Crippen LogP contribution is -2.45. The highest BCUT2D eigenvalue weighted by Gasteiger charge is 2.52. The van der Waals surface area contributed by atoms with Crippen LogP contribution < -0.4 is 10.6 Å². The van der Waals surface area contributed by atoms with Gasteiger partial charge in [-0.05, 0) is 59.7 Å². The van der Waals surface area contributed by atoms with Gasteiger partial charge in [0.25, 0.3) is 5.92 Å². The van der Waals surface area contributed by atoms with Crippen LogP contribution in [0.3, 0.4) is 0 Å². The van der Waals surface area contributed by atoms with Gasteiger partial charge >= 0.3 is 6.18 Å². The molecule has 2 heterocycles. The Balaban J connectivity index is 1.39. The largest absolute Gasteiger partial charge is 0.416 e. The third kappa shape index (κ3) is 7.63. The Morgan fingerprint density at radius 1 is 0.911 bits per heavy atom. The van der Waals surface area contributed by atoms with Crippen LogP contribution in [0, 0.1) is 5.82 Å². The first kappa shape index (κ1) is 32.0. The zero-order valence-corrected chi connectivity index (χ0v) is 24.2. The Hall–Kier alpha value is -4.43. The molecule has 4 aromatic rings. The predicted molar refractivity (Wildman–Crippen MR) is 154 cm³/mol. The number of nitrogens with one attached hydrogen (secondary N) is 2. The first-order chi connectivity index (χ1) is 21.2. The number of benzene rings is 3. The molecule has 7 nitrogen and oxygen atoms in total. The Kier molecular flexibility index (Phi) is 8.90. The third-order valence-corrected chi connectivity index (χ3v) is 8.99. The Bertz CT molecular complexity index is 1770. The summed E-state index contributed by atoms with van der Waals surface area (Å²) in [5.41, 5.74) is 1.12. The van der Waals surface area contributed by atoms with Gasteiger partial charge in [-0.2, -0.15) is 17.5 Å². The Morgan fingerprint density at radius 3 is 2.22 bits per heavy atom. The maximum absolute atomic E-state index is 14.5. The molecular weight excluding hydrogens is 622 g/mol. The van der Waals surface area contributed by atoms with Crippen LogP contribution in [-0.2, 0) is 34.1 Å². The molecule has 1 amide bonds. The third-order valence-electron chi connectivity index (χ3n) is 7.13. The summed E-state index contributed by atoms with van der Waals surface area (Å²) >= 11 is 0. The number of hydrogen-bond donors (Lipinski definition) is 2. The van der Waals surface area contributed by atoms with Crippen molar-refractivity contribution in [3.8, 4) is 11.3 Å². The van der Waals surface area contributed by atoms with E-state index in [-0.39, 0.29) is 12.2 Å². The summed E-state index contributed by atoms with van der Waals surface area (Å²) in [5, 5.41) is 5.64. The molecule has 1 aliphatic rings. The van der Waals surface area contributed by atoms with Crippen molar-refractivity contribution in [1.82, 2.24) is 14.6 Å². The Labute approximate surface area is 255 Å². The average molecular weight is 649 g/mol. The smallest absolute Gasteiger partial charge is 0.366 e. The fourth-order valence-corrected chi connectivity index (χ4v) is 6.47. The van der Waals surface area contributed by atoms with E-state index in [1.54, 1.807) is 6.07 Å². The van der Waals surface area contributed by atoms with Crippen LogP contribution in [0.5, 0.6) is 0 Å². The minimum atomic E-state index is -4.58. The van der Waals surface area contributed by atoms with Crippen LogP contribution >= 0.6 is 0 Å². The first-order valence-electron chi connectivity index (χ1n) is 13.6. The summed E-state index contributed by atoms with van der Waals surface area (Å²) in [4.78, 5) is 17.2. The standard InChI is InChI=1S/C31H26F6N4O3S/c32-24-10-12-25(13-11-24)45(43,44)41-19-30(33,34)16-27(41)29(42)39-18-21-14-26(22-6-8-23(9-7-22)31(35,36)37)40-28(15-21)38-17-20-4-2-1-3-5-20/h1-15,27H,16-19H2,(H,38,40)(H,39,42)/t27-/m0/s1. The van der Waals surface area contributed by atoms with E-state index in [1.807, 2.05) is 30.3 Å². The minimum Gasteiger partial charge on any atom is -0.366 e. The summed E-state index contributed by atoms with van der Waals surface area (Å²) in [6.45, 7) is -1.11. The number of anilines is 1. The van der Waals surface area contributed by atoms with Crippen molar-refractivity contribution in [2.24, 2.45) is 0 Å². The molecular formula is C31H26F6N4O3S. The maximum atomic E-state index is 14.5. The number of nitrogens with zero attached hydrogens (tertiary/aromatic N) is 2. The summed E-state index contributed by atoms with van der Waals surface area (Å²) in [6.07, 6.45) is -5.59. The van der Waals surface area contributed by atoms with Gasteiger partial charge in [-0.3, -0.25) is 4.79 Å². The molecule has 5 rings (SSSR count). The maximum Gasteiger partial charge on any atom is 0.416 e. The van der Waals surface area contributed by atoms with E-state index in [0.717, 1.165) is 42.0 Å². The second-order valence-corrected chi connectivity index (χ2v) is 12.3. The molecule has 0 bridgehead atoms. The van der Waals surface area contributed by atoms with Crippen molar-refractivity contribution < 1.29 is 39.6 Å². The van der Waals surface area contributed by atoms with Gasteiger partial charge < -0.3 is 10.6 Å². The van der Waals surface area contributed by atoms with Gasteiger partial charge in [0.15, 0.2) is 0 Å². The van der Waals surface area contributed by atoms with Gasteiger partial charge in [-0.25, -0.2) is 26.6 Å². The molecule has 1 fully saturated rings. The van der Waals surface area contributed by atoms with Gasteiger partial charge in [0.2, 0.25) is 15.9 Å².